The fourth-order valence-corrected chi connectivity index (χ4v) is 1.94. The molecule has 0 fully saturated rings. The second-order valence-electron chi connectivity index (χ2n) is 4.87. The van der Waals surface area contributed by atoms with Crippen molar-refractivity contribution in [2.75, 3.05) is 18.4 Å². The molecular formula is C15H19FN4. The van der Waals surface area contributed by atoms with Gasteiger partial charge in [0.05, 0.1) is 17.6 Å². The van der Waals surface area contributed by atoms with Crippen molar-refractivity contribution in [3.8, 4) is 11.4 Å². The highest BCUT2D eigenvalue weighted by molar-refractivity contribution is 5.58. The summed E-state index contributed by atoms with van der Waals surface area (Å²) >= 11 is 0. The maximum Gasteiger partial charge on any atom is 0.159 e. The van der Waals surface area contributed by atoms with Crippen molar-refractivity contribution in [2.24, 2.45) is 5.73 Å². The first kappa shape index (κ1) is 14.4. The van der Waals surface area contributed by atoms with Gasteiger partial charge in [-0.2, -0.15) is 0 Å². The minimum Gasteiger partial charge on any atom is -0.381 e. The van der Waals surface area contributed by atoms with Crippen molar-refractivity contribution in [3.05, 3.63) is 42.0 Å². The number of hydrogen-bond acceptors (Lipinski definition) is 4. The van der Waals surface area contributed by atoms with Crippen LogP contribution in [-0.2, 0) is 0 Å². The van der Waals surface area contributed by atoms with E-state index in [4.69, 9.17) is 5.73 Å². The summed E-state index contributed by atoms with van der Waals surface area (Å²) in [4.78, 5) is 8.86. The van der Waals surface area contributed by atoms with E-state index in [-0.39, 0.29) is 11.7 Å². The van der Waals surface area contributed by atoms with Crippen LogP contribution in [0.3, 0.4) is 0 Å². The number of aromatic nitrogens is 2. The molecule has 1 heterocycles. The average molecular weight is 274 g/mol. The third-order valence-electron chi connectivity index (χ3n) is 2.91. The molecule has 20 heavy (non-hydrogen) atoms. The van der Waals surface area contributed by atoms with Crippen molar-refractivity contribution in [2.45, 2.75) is 19.8 Å². The van der Waals surface area contributed by atoms with Crippen molar-refractivity contribution < 1.29 is 4.39 Å². The molecule has 0 spiro atoms. The van der Waals surface area contributed by atoms with Crippen LogP contribution < -0.4 is 11.1 Å². The molecule has 0 unspecified atom stereocenters. The first-order chi connectivity index (χ1) is 9.61. The Balaban J connectivity index is 2.39. The molecule has 0 radical (unpaired) electrons. The molecule has 0 aliphatic heterocycles. The second kappa shape index (κ2) is 6.43. The minimum absolute atomic E-state index is 0.241. The molecule has 3 N–H and O–H groups in total. The van der Waals surface area contributed by atoms with Crippen molar-refractivity contribution >= 4 is 5.69 Å². The van der Waals surface area contributed by atoms with Gasteiger partial charge in [-0.15, -0.1) is 0 Å². The van der Waals surface area contributed by atoms with Gasteiger partial charge < -0.3 is 11.1 Å². The summed E-state index contributed by atoms with van der Waals surface area (Å²) in [6.07, 6.45) is 1.73. The van der Waals surface area contributed by atoms with Gasteiger partial charge in [-0.1, -0.05) is 26.0 Å². The Hall–Kier alpha value is -2.01. The van der Waals surface area contributed by atoms with Crippen LogP contribution in [0.25, 0.3) is 11.4 Å². The molecule has 0 aliphatic rings. The van der Waals surface area contributed by atoms with Crippen LogP contribution in [0.15, 0.2) is 30.5 Å². The number of anilines is 1. The van der Waals surface area contributed by atoms with Crippen LogP contribution in [0.4, 0.5) is 10.1 Å². The van der Waals surface area contributed by atoms with Gasteiger partial charge >= 0.3 is 0 Å². The molecule has 2 aromatic rings. The molecule has 4 nitrogen and oxygen atoms in total. The largest absolute Gasteiger partial charge is 0.381 e. The minimum atomic E-state index is -0.289. The summed E-state index contributed by atoms with van der Waals surface area (Å²) in [6, 6.07) is 6.30. The normalized spacial score (nSPS) is 10.8. The highest BCUT2D eigenvalue weighted by Crippen LogP contribution is 2.24. The summed E-state index contributed by atoms with van der Waals surface area (Å²) in [6.45, 7) is 5.34. The maximum atomic E-state index is 13.3. The molecule has 0 saturated carbocycles. The number of nitrogens with zero attached hydrogens (tertiary/aromatic N) is 2. The fourth-order valence-electron chi connectivity index (χ4n) is 1.94. The molecule has 0 amide bonds. The van der Waals surface area contributed by atoms with Crippen LogP contribution in [0, 0.1) is 5.82 Å². The predicted molar refractivity (Wildman–Crippen MR) is 79.1 cm³/mol. The standard InChI is InChI=1S/C15H19FN4/c1-10(2)14-13(18-7-6-17)9-19-15(20-14)11-4-3-5-12(16)8-11/h3-5,8-10,18H,6-7,17H2,1-2H3. The molecule has 106 valence electrons. The number of rotatable bonds is 5. The molecule has 0 aliphatic carbocycles. The molecule has 1 aromatic carbocycles. The summed E-state index contributed by atoms with van der Waals surface area (Å²) in [5, 5.41) is 3.21. The third-order valence-corrected chi connectivity index (χ3v) is 2.91. The Labute approximate surface area is 118 Å². The summed E-state index contributed by atoms with van der Waals surface area (Å²) in [5.41, 5.74) is 7.96. The van der Waals surface area contributed by atoms with E-state index in [2.05, 4.69) is 29.1 Å². The lowest BCUT2D eigenvalue weighted by Gasteiger charge is -2.14. The van der Waals surface area contributed by atoms with Gasteiger partial charge in [-0.05, 0) is 18.1 Å². The monoisotopic (exact) mass is 274 g/mol. The maximum absolute atomic E-state index is 13.3. The van der Waals surface area contributed by atoms with E-state index in [0.717, 1.165) is 11.4 Å². The zero-order valence-electron chi connectivity index (χ0n) is 11.7. The summed E-state index contributed by atoms with van der Waals surface area (Å²) in [7, 11) is 0. The Morgan fingerprint density at radius 2 is 2.15 bits per heavy atom. The SMILES string of the molecule is CC(C)c1nc(-c2cccc(F)c2)ncc1NCCN. The van der Waals surface area contributed by atoms with Crippen LogP contribution in [0.1, 0.15) is 25.5 Å². The Morgan fingerprint density at radius 1 is 1.35 bits per heavy atom. The van der Waals surface area contributed by atoms with Gasteiger partial charge in [0, 0.05) is 18.7 Å². The first-order valence-corrected chi connectivity index (χ1v) is 6.68. The first-order valence-electron chi connectivity index (χ1n) is 6.68. The summed E-state index contributed by atoms with van der Waals surface area (Å²) in [5.74, 6) is 0.486. The quantitative estimate of drug-likeness (QED) is 0.880. The number of halogens is 1. The topological polar surface area (TPSA) is 63.8 Å². The van der Waals surface area contributed by atoms with Crippen LogP contribution in [0.5, 0.6) is 0 Å². The fraction of sp³-hybridized carbons (Fsp3) is 0.333. The van der Waals surface area contributed by atoms with Gasteiger partial charge in [-0.3, -0.25) is 0 Å². The molecule has 1 aromatic heterocycles. The molecule has 0 saturated heterocycles. The van der Waals surface area contributed by atoms with Crippen molar-refractivity contribution in [1.29, 1.82) is 0 Å². The molecular weight excluding hydrogens is 255 g/mol. The van der Waals surface area contributed by atoms with Gasteiger partial charge in [0.2, 0.25) is 0 Å². The lowest BCUT2D eigenvalue weighted by atomic mass is 10.1. The third kappa shape index (κ3) is 3.30. The van der Waals surface area contributed by atoms with Crippen molar-refractivity contribution in [1.82, 2.24) is 9.97 Å². The Kier molecular flexibility index (Phi) is 4.63. The zero-order chi connectivity index (χ0) is 14.5. The van der Waals surface area contributed by atoms with E-state index in [1.165, 1.54) is 12.1 Å². The molecule has 2 rings (SSSR count). The Bertz CT molecular complexity index is 584. The van der Waals surface area contributed by atoms with Crippen LogP contribution in [0.2, 0.25) is 0 Å². The van der Waals surface area contributed by atoms with Gasteiger partial charge in [0.1, 0.15) is 5.82 Å². The highest BCUT2D eigenvalue weighted by atomic mass is 19.1. The lowest BCUT2D eigenvalue weighted by Crippen LogP contribution is -2.15. The van der Waals surface area contributed by atoms with Crippen LogP contribution in [-0.4, -0.2) is 23.1 Å². The van der Waals surface area contributed by atoms with Gasteiger partial charge in [0.25, 0.3) is 0 Å². The highest BCUT2D eigenvalue weighted by Gasteiger charge is 2.12. The number of nitrogens with two attached hydrogens (primary N) is 1. The lowest BCUT2D eigenvalue weighted by molar-refractivity contribution is 0.628. The number of nitrogens with one attached hydrogen (secondary N) is 1. The average Bonchev–Trinajstić information content (AvgIpc) is 2.44. The van der Waals surface area contributed by atoms with E-state index in [0.29, 0.717) is 24.5 Å². The number of hydrogen-bond donors (Lipinski definition) is 2. The molecule has 0 bridgehead atoms. The Morgan fingerprint density at radius 3 is 2.80 bits per heavy atom. The zero-order valence-corrected chi connectivity index (χ0v) is 11.7. The van der Waals surface area contributed by atoms with Crippen LogP contribution >= 0.6 is 0 Å². The van der Waals surface area contributed by atoms with E-state index < -0.39 is 0 Å². The van der Waals surface area contributed by atoms with Gasteiger partial charge in [-0.25, -0.2) is 14.4 Å². The summed E-state index contributed by atoms with van der Waals surface area (Å²) < 4.78 is 13.3. The van der Waals surface area contributed by atoms with Gasteiger partial charge in [0.15, 0.2) is 5.82 Å². The predicted octanol–water partition coefficient (Wildman–Crippen LogP) is 2.78. The van der Waals surface area contributed by atoms with E-state index in [9.17, 15) is 4.39 Å². The van der Waals surface area contributed by atoms with Crippen molar-refractivity contribution in [3.63, 3.8) is 0 Å². The van der Waals surface area contributed by atoms with E-state index in [1.54, 1.807) is 18.3 Å². The molecule has 5 heteroatoms. The van der Waals surface area contributed by atoms with E-state index >= 15 is 0 Å². The smallest absolute Gasteiger partial charge is 0.159 e. The number of benzene rings is 1. The molecule has 0 atom stereocenters. The van der Waals surface area contributed by atoms with E-state index in [1.807, 2.05) is 0 Å². The second-order valence-corrected chi connectivity index (χ2v) is 4.87.